The Labute approximate surface area is 139 Å². The summed E-state index contributed by atoms with van der Waals surface area (Å²) in [5.41, 5.74) is 1.16. The third-order valence-corrected chi connectivity index (χ3v) is 3.73. The molecule has 5 nitrogen and oxygen atoms in total. The fourth-order valence-corrected chi connectivity index (χ4v) is 2.38. The Morgan fingerprint density at radius 1 is 1.21 bits per heavy atom. The lowest BCUT2D eigenvalue weighted by Crippen LogP contribution is -2.40. The highest BCUT2D eigenvalue weighted by Gasteiger charge is 2.24. The maximum Gasteiger partial charge on any atom is 0.255 e. The van der Waals surface area contributed by atoms with Crippen molar-refractivity contribution < 1.29 is 9.18 Å². The van der Waals surface area contributed by atoms with E-state index < -0.39 is 5.54 Å². The number of amides is 1. The first-order chi connectivity index (χ1) is 11.5. The lowest BCUT2D eigenvalue weighted by Gasteiger charge is -2.26. The molecular weight excluding hydrogens is 307 g/mol. The van der Waals surface area contributed by atoms with E-state index in [9.17, 15) is 9.18 Å². The number of nitrogens with one attached hydrogen (secondary N) is 1. The zero-order valence-corrected chi connectivity index (χ0v) is 13.4. The van der Waals surface area contributed by atoms with Crippen molar-refractivity contribution in [2.75, 3.05) is 0 Å². The number of pyridine rings is 1. The molecule has 0 saturated heterocycles. The van der Waals surface area contributed by atoms with E-state index in [2.05, 4.69) is 15.4 Å². The molecule has 0 aliphatic heterocycles. The highest BCUT2D eigenvalue weighted by atomic mass is 19.1. The van der Waals surface area contributed by atoms with Crippen LogP contribution in [-0.2, 0) is 5.54 Å². The molecule has 0 fully saturated rings. The van der Waals surface area contributed by atoms with Gasteiger partial charge in [0.05, 0.1) is 29.2 Å². The zero-order valence-electron chi connectivity index (χ0n) is 13.4. The van der Waals surface area contributed by atoms with Crippen molar-refractivity contribution in [3.05, 3.63) is 78.1 Å². The minimum absolute atomic E-state index is 0.278. The largest absolute Gasteiger partial charge is 0.343 e. The quantitative estimate of drug-likeness (QED) is 0.802. The van der Waals surface area contributed by atoms with E-state index >= 15 is 0 Å². The van der Waals surface area contributed by atoms with Gasteiger partial charge in [0.25, 0.3) is 5.91 Å². The van der Waals surface area contributed by atoms with Gasteiger partial charge < -0.3 is 5.32 Å². The Kier molecular flexibility index (Phi) is 4.12. The number of carbonyl (C=O) groups is 1. The number of halogens is 1. The first-order valence-electron chi connectivity index (χ1n) is 7.49. The van der Waals surface area contributed by atoms with Gasteiger partial charge in [-0.15, -0.1) is 0 Å². The molecule has 0 radical (unpaired) electrons. The molecule has 0 spiro atoms. The molecule has 1 N–H and O–H groups in total. The maximum absolute atomic E-state index is 13.4. The van der Waals surface area contributed by atoms with Gasteiger partial charge in [-0.3, -0.25) is 9.78 Å². The topological polar surface area (TPSA) is 59.8 Å². The Morgan fingerprint density at radius 3 is 2.75 bits per heavy atom. The summed E-state index contributed by atoms with van der Waals surface area (Å²) in [6.07, 6.45) is 6.45. The molecule has 0 aliphatic rings. The summed E-state index contributed by atoms with van der Waals surface area (Å²) in [4.78, 5) is 16.5. The van der Waals surface area contributed by atoms with Crippen LogP contribution in [0.3, 0.4) is 0 Å². The molecule has 0 aliphatic carbocycles. The Morgan fingerprint density at radius 2 is 2.04 bits per heavy atom. The molecule has 2 heterocycles. The minimum atomic E-state index is -0.713. The molecule has 1 aromatic carbocycles. The van der Waals surface area contributed by atoms with E-state index in [4.69, 9.17) is 0 Å². The third-order valence-electron chi connectivity index (χ3n) is 3.73. The second-order valence-electron chi connectivity index (χ2n) is 5.97. The third kappa shape index (κ3) is 3.32. The first-order valence-corrected chi connectivity index (χ1v) is 7.49. The van der Waals surface area contributed by atoms with Gasteiger partial charge in [0, 0.05) is 12.4 Å². The summed E-state index contributed by atoms with van der Waals surface area (Å²) in [5, 5.41) is 7.09. The molecule has 0 bridgehead atoms. The van der Waals surface area contributed by atoms with Crippen molar-refractivity contribution in [3.63, 3.8) is 0 Å². The number of hydrogen-bond acceptors (Lipinski definition) is 3. The Hall–Kier alpha value is -3.02. The molecule has 122 valence electrons. The fourth-order valence-electron chi connectivity index (χ4n) is 2.38. The summed E-state index contributed by atoms with van der Waals surface area (Å²) in [7, 11) is 0. The van der Waals surface area contributed by atoms with Crippen molar-refractivity contribution in [2.45, 2.75) is 19.4 Å². The predicted molar refractivity (Wildman–Crippen MR) is 88.3 cm³/mol. The van der Waals surface area contributed by atoms with Gasteiger partial charge in [0.15, 0.2) is 0 Å². The normalized spacial score (nSPS) is 11.3. The van der Waals surface area contributed by atoms with Crippen LogP contribution in [0.2, 0.25) is 0 Å². The molecule has 24 heavy (non-hydrogen) atoms. The van der Waals surface area contributed by atoms with Crippen molar-refractivity contribution >= 4 is 5.91 Å². The molecular formula is C18H17FN4O. The van der Waals surface area contributed by atoms with E-state index in [1.807, 2.05) is 19.9 Å². The van der Waals surface area contributed by atoms with Gasteiger partial charge in [-0.1, -0.05) is 12.1 Å². The highest BCUT2D eigenvalue weighted by Crippen LogP contribution is 2.21. The number of aromatic nitrogens is 3. The molecule has 2 aromatic heterocycles. The van der Waals surface area contributed by atoms with Crippen molar-refractivity contribution in [3.8, 4) is 5.69 Å². The van der Waals surface area contributed by atoms with E-state index in [1.54, 1.807) is 41.5 Å². The second kappa shape index (κ2) is 6.23. The standard InChI is InChI=1S/C18H17FN4O/c1-18(2,14-5-3-6-15(19)9-14)22-17(24)13-10-21-23(12-13)16-7-4-8-20-11-16/h3-12H,1-2H3,(H,22,24). The number of nitrogens with zero attached hydrogens (tertiary/aromatic N) is 3. The van der Waals surface area contributed by atoms with E-state index in [0.29, 0.717) is 11.1 Å². The molecule has 1 amide bonds. The van der Waals surface area contributed by atoms with Gasteiger partial charge in [-0.05, 0) is 43.7 Å². The molecule has 0 saturated carbocycles. The molecule has 0 unspecified atom stereocenters. The number of rotatable bonds is 4. The van der Waals surface area contributed by atoms with E-state index in [1.165, 1.54) is 18.3 Å². The van der Waals surface area contributed by atoms with Crippen LogP contribution in [0.15, 0.2) is 61.2 Å². The van der Waals surface area contributed by atoms with Crippen LogP contribution >= 0.6 is 0 Å². The summed E-state index contributed by atoms with van der Waals surface area (Å²) < 4.78 is 15.0. The fraction of sp³-hybridized carbons (Fsp3) is 0.167. The first kappa shape index (κ1) is 15.9. The summed E-state index contributed by atoms with van der Waals surface area (Å²) in [5.74, 6) is -0.612. The van der Waals surface area contributed by atoms with Gasteiger partial charge >= 0.3 is 0 Å². The van der Waals surface area contributed by atoms with Gasteiger partial charge in [0.2, 0.25) is 0 Å². The van der Waals surface area contributed by atoms with Crippen LogP contribution < -0.4 is 5.32 Å². The second-order valence-corrected chi connectivity index (χ2v) is 5.97. The molecule has 3 rings (SSSR count). The van der Waals surface area contributed by atoms with Crippen molar-refractivity contribution in [1.29, 1.82) is 0 Å². The van der Waals surface area contributed by atoms with Crippen LogP contribution in [0.1, 0.15) is 29.8 Å². The lowest BCUT2D eigenvalue weighted by atomic mass is 9.94. The minimum Gasteiger partial charge on any atom is -0.343 e. The van der Waals surface area contributed by atoms with E-state index in [-0.39, 0.29) is 11.7 Å². The Balaban J connectivity index is 1.79. The highest BCUT2D eigenvalue weighted by molar-refractivity contribution is 5.94. The number of benzene rings is 1. The average Bonchev–Trinajstić information content (AvgIpc) is 3.05. The van der Waals surface area contributed by atoms with Gasteiger partial charge in [0.1, 0.15) is 5.82 Å². The van der Waals surface area contributed by atoms with E-state index in [0.717, 1.165) is 5.69 Å². The number of hydrogen-bond donors (Lipinski definition) is 1. The Bertz CT molecular complexity index is 858. The van der Waals surface area contributed by atoms with Crippen molar-refractivity contribution in [2.24, 2.45) is 0 Å². The average molecular weight is 324 g/mol. The molecule has 0 atom stereocenters. The van der Waals surface area contributed by atoms with Crippen LogP contribution in [-0.4, -0.2) is 20.7 Å². The number of carbonyl (C=O) groups excluding carboxylic acids is 1. The monoisotopic (exact) mass is 324 g/mol. The summed E-state index contributed by atoms with van der Waals surface area (Å²) in [6.45, 7) is 3.65. The van der Waals surface area contributed by atoms with Crippen LogP contribution in [0.25, 0.3) is 5.69 Å². The lowest BCUT2D eigenvalue weighted by molar-refractivity contribution is 0.0912. The molecule has 3 aromatic rings. The van der Waals surface area contributed by atoms with Crippen LogP contribution in [0.5, 0.6) is 0 Å². The van der Waals surface area contributed by atoms with Crippen LogP contribution in [0.4, 0.5) is 4.39 Å². The summed E-state index contributed by atoms with van der Waals surface area (Å²) >= 11 is 0. The molecule has 6 heteroatoms. The zero-order chi connectivity index (χ0) is 17.2. The summed E-state index contributed by atoms with van der Waals surface area (Å²) in [6, 6.07) is 9.84. The van der Waals surface area contributed by atoms with Gasteiger partial charge in [-0.25, -0.2) is 9.07 Å². The SMILES string of the molecule is CC(C)(NC(=O)c1cnn(-c2cccnc2)c1)c1cccc(F)c1. The maximum atomic E-state index is 13.4. The van der Waals surface area contributed by atoms with Crippen LogP contribution in [0, 0.1) is 5.82 Å². The predicted octanol–water partition coefficient (Wildman–Crippen LogP) is 3.07. The smallest absolute Gasteiger partial charge is 0.255 e. The van der Waals surface area contributed by atoms with Crippen molar-refractivity contribution in [1.82, 2.24) is 20.1 Å². The van der Waals surface area contributed by atoms with Gasteiger partial charge in [-0.2, -0.15) is 5.10 Å².